The van der Waals surface area contributed by atoms with Gasteiger partial charge in [0, 0.05) is 30.7 Å². The number of methoxy groups -OCH3 is 1. The molecule has 0 unspecified atom stereocenters. The molecule has 3 rings (SSSR count). The lowest BCUT2D eigenvalue weighted by Gasteiger charge is -2.07. The fourth-order valence-corrected chi connectivity index (χ4v) is 3.01. The third-order valence-electron chi connectivity index (χ3n) is 4.29. The summed E-state index contributed by atoms with van der Waals surface area (Å²) in [6.07, 6.45) is 3.06. The fourth-order valence-electron chi connectivity index (χ4n) is 3.01. The quantitative estimate of drug-likeness (QED) is 0.614. The number of aliphatic carboxylic acids is 1. The average molecular weight is 367 g/mol. The highest BCUT2D eigenvalue weighted by molar-refractivity contribution is 6.03. The van der Waals surface area contributed by atoms with Gasteiger partial charge in [0.15, 0.2) is 6.79 Å². The number of aryl methyl sites for hydroxylation is 1. The minimum absolute atomic E-state index is 0.108. The summed E-state index contributed by atoms with van der Waals surface area (Å²) in [5.41, 5.74) is 2.32. The molecule has 6 nitrogen and oxygen atoms in total. The Morgan fingerprint density at radius 1 is 1.07 bits per heavy atom. The molecule has 0 aliphatic rings. The lowest BCUT2D eigenvalue weighted by molar-refractivity contribution is -0.137. The largest absolute Gasteiger partial charge is 0.481 e. The van der Waals surface area contributed by atoms with Gasteiger partial charge in [-0.1, -0.05) is 18.2 Å². The van der Waals surface area contributed by atoms with Gasteiger partial charge in [-0.3, -0.25) is 14.2 Å². The normalized spacial score (nSPS) is 10.9. The van der Waals surface area contributed by atoms with Crippen molar-refractivity contribution in [2.45, 2.75) is 19.3 Å². The summed E-state index contributed by atoms with van der Waals surface area (Å²) >= 11 is 0. The van der Waals surface area contributed by atoms with Gasteiger partial charge in [-0.2, -0.15) is 0 Å². The molecular formula is C21H21NO5. The number of rotatable bonds is 8. The van der Waals surface area contributed by atoms with Gasteiger partial charge in [-0.15, -0.1) is 0 Å². The first-order valence-electron chi connectivity index (χ1n) is 8.67. The van der Waals surface area contributed by atoms with Gasteiger partial charge in [0.05, 0.1) is 5.52 Å². The number of nitrogens with zero attached hydrogens (tertiary/aromatic N) is 1. The summed E-state index contributed by atoms with van der Waals surface area (Å²) in [5, 5.41) is 9.81. The summed E-state index contributed by atoms with van der Waals surface area (Å²) < 4.78 is 11.8. The summed E-state index contributed by atoms with van der Waals surface area (Å²) in [5.74, 6) is -0.334. The van der Waals surface area contributed by atoms with Crippen LogP contribution in [0.4, 0.5) is 0 Å². The van der Waals surface area contributed by atoms with Crippen LogP contribution in [0.25, 0.3) is 10.9 Å². The second kappa shape index (κ2) is 8.51. The highest BCUT2D eigenvalue weighted by Crippen LogP contribution is 2.24. The number of hydrogen-bond acceptors (Lipinski definition) is 4. The maximum atomic E-state index is 13.0. The van der Waals surface area contributed by atoms with E-state index in [-0.39, 0.29) is 19.1 Å². The van der Waals surface area contributed by atoms with Crippen molar-refractivity contribution in [3.8, 4) is 5.75 Å². The van der Waals surface area contributed by atoms with Crippen LogP contribution >= 0.6 is 0 Å². The molecule has 0 radical (unpaired) electrons. The van der Waals surface area contributed by atoms with Crippen LogP contribution in [0.5, 0.6) is 5.75 Å². The van der Waals surface area contributed by atoms with Crippen LogP contribution in [0.2, 0.25) is 0 Å². The van der Waals surface area contributed by atoms with E-state index < -0.39 is 5.97 Å². The Labute approximate surface area is 156 Å². The second-order valence-corrected chi connectivity index (χ2v) is 6.17. The number of ether oxygens (including phenoxy) is 2. The van der Waals surface area contributed by atoms with E-state index in [0.29, 0.717) is 24.2 Å². The average Bonchev–Trinajstić information content (AvgIpc) is 3.05. The monoisotopic (exact) mass is 367 g/mol. The van der Waals surface area contributed by atoms with Crippen LogP contribution in [0.1, 0.15) is 28.8 Å². The van der Waals surface area contributed by atoms with Crippen LogP contribution in [0.15, 0.2) is 54.7 Å². The van der Waals surface area contributed by atoms with E-state index in [9.17, 15) is 9.59 Å². The Morgan fingerprint density at radius 2 is 1.81 bits per heavy atom. The van der Waals surface area contributed by atoms with Gasteiger partial charge in [0.25, 0.3) is 5.91 Å². The zero-order valence-electron chi connectivity index (χ0n) is 15.1. The number of fused-ring (bicyclic) bond motifs is 1. The molecule has 0 atom stereocenters. The van der Waals surface area contributed by atoms with Gasteiger partial charge in [0.2, 0.25) is 0 Å². The van der Waals surface area contributed by atoms with Crippen molar-refractivity contribution in [1.29, 1.82) is 0 Å². The molecule has 0 saturated carbocycles. The van der Waals surface area contributed by atoms with E-state index in [2.05, 4.69) is 0 Å². The minimum Gasteiger partial charge on any atom is -0.481 e. The van der Waals surface area contributed by atoms with Crippen molar-refractivity contribution >= 4 is 22.8 Å². The number of carbonyl (C=O) groups excluding carboxylic acids is 1. The van der Waals surface area contributed by atoms with E-state index in [1.807, 2.05) is 30.5 Å². The standard InChI is InChI=1S/C21H21NO5/c1-26-14-27-17-11-9-15(10-12-17)21(25)22-13-16(5-4-8-20(23)24)18-6-2-3-7-19(18)22/h2-3,6-7,9-13H,4-5,8,14H2,1H3,(H,23,24). The molecule has 27 heavy (non-hydrogen) atoms. The molecule has 1 aromatic heterocycles. The molecule has 6 heteroatoms. The maximum Gasteiger partial charge on any atom is 0.303 e. The topological polar surface area (TPSA) is 77.8 Å². The Bertz CT molecular complexity index is 943. The van der Waals surface area contributed by atoms with Crippen LogP contribution in [0.3, 0.4) is 0 Å². The van der Waals surface area contributed by atoms with Crippen molar-refractivity contribution in [3.05, 3.63) is 65.9 Å². The molecule has 0 aliphatic carbocycles. The summed E-state index contributed by atoms with van der Waals surface area (Å²) in [4.78, 5) is 23.8. The van der Waals surface area contributed by atoms with Crippen LogP contribution < -0.4 is 4.74 Å². The van der Waals surface area contributed by atoms with Gasteiger partial charge in [-0.05, 0) is 48.7 Å². The Hall–Kier alpha value is -3.12. The first kappa shape index (κ1) is 18.7. The van der Waals surface area contributed by atoms with E-state index in [4.69, 9.17) is 14.6 Å². The van der Waals surface area contributed by atoms with Gasteiger partial charge < -0.3 is 14.6 Å². The molecule has 0 fully saturated rings. The predicted octanol–water partition coefficient (Wildman–Crippen LogP) is 3.72. The van der Waals surface area contributed by atoms with E-state index in [1.54, 1.807) is 35.9 Å². The van der Waals surface area contributed by atoms with Crippen molar-refractivity contribution in [2.75, 3.05) is 13.9 Å². The van der Waals surface area contributed by atoms with E-state index in [1.165, 1.54) is 0 Å². The van der Waals surface area contributed by atoms with Crippen molar-refractivity contribution < 1.29 is 24.2 Å². The zero-order chi connectivity index (χ0) is 19.2. The summed E-state index contributed by atoms with van der Waals surface area (Å²) in [6, 6.07) is 14.5. The summed E-state index contributed by atoms with van der Waals surface area (Å²) in [6.45, 7) is 0.148. The Kier molecular flexibility index (Phi) is 5.88. The highest BCUT2D eigenvalue weighted by Gasteiger charge is 2.15. The molecule has 2 aromatic carbocycles. The van der Waals surface area contributed by atoms with Crippen LogP contribution in [-0.2, 0) is 16.0 Å². The second-order valence-electron chi connectivity index (χ2n) is 6.17. The molecule has 1 heterocycles. The van der Waals surface area contributed by atoms with Crippen molar-refractivity contribution in [1.82, 2.24) is 4.57 Å². The number of aromatic nitrogens is 1. The van der Waals surface area contributed by atoms with Gasteiger partial charge in [-0.25, -0.2) is 0 Å². The van der Waals surface area contributed by atoms with Gasteiger partial charge in [0.1, 0.15) is 5.75 Å². The van der Waals surface area contributed by atoms with Crippen LogP contribution in [-0.4, -0.2) is 35.5 Å². The number of carboxylic acids is 1. The zero-order valence-corrected chi connectivity index (χ0v) is 15.1. The Balaban J connectivity index is 1.87. The molecule has 0 aliphatic heterocycles. The smallest absolute Gasteiger partial charge is 0.303 e. The number of carbonyl (C=O) groups is 2. The third-order valence-corrected chi connectivity index (χ3v) is 4.29. The number of para-hydroxylation sites is 1. The molecule has 140 valence electrons. The van der Waals surface area contributed by atoms with E-state index in [0.717, 1.165) is 16.5 Å². The predicted molar refractivity (Wildman–Crippen MR) is 101 cm³/mol. The molecule has 0 bridgehead atoms. The first-order valence-corrected chi connectivity index (χ1v) is 8.67. The SMILES string of the molecule is COCOc1ccc(C(=O)n2cc(CCCC(=O)O)c3ccccc32)cc1. The molecule has 0 saturated heterocycles. The molecule has 0 spiro atoms. The molecule has 3 aromatic rings. The van der Waals surface area contributed by atoms with Crippen molar-refractivity contribution in [2.24, 2.45) is 0 Å². The van der Waals surface area contributed by atoms with E-state index >= 15 is 0 Å². The lowest BCUT2D eigenvalue weighted by Crippen LogP contribution is -2.10. The number of carboxylic acid groups (broad SMARTS) is 1. The fraction of sp³-hybridized carbons (Fsp3) is 0.238. The summed E-state index contributed by atoms with van der Waals surface area (Å²) in [7, 11) is 1.54. The molecule has 1 N–H and O–H groups in total. The molecule has 0 amide bonds. The van der Waals surface area contributed by atoms with Gasteiger partial charge >= 0.3 is 5.97 Å². The number of benzene rings is 2. The highest BCUT2D eigenvalue weighted by atomic mass is 16.7. The lowest BCUT2D eigenvalue weighted by atomic mass is 10.1. The maximum absolute atomic E-state index is 13.0. The molecular weight excluding hydrogens is 346 g/mol. The minimum atomic E-state index is -0.814. The number of hydrogen-bond donors (Lipinski definition) is 1. The Morgan fingerprint density at radius 3 is 2.52 bits per heavy atom. The first-order chi connectivity index (χ1) is 13.1. The third kappa shape index (κ3) is 4.35. The van der Waals surface area contributed by atoms with Crippen molar-refractivity contribution in [3.63, 3.8) is 0 Å². The van der Waals surface area contributed by atoms with Crippen LogP contribution in [0, 0.1) is 0 Å².